The van der Waals surface area contributed by atoms with E-state index in [4.69, 9.17) is 4.84 Å². The molecular weight excluding hydrogens is 169 g/mol. The molecule has 2 nitrogen and oxygen atoms in total. The number of rotatable bonds is 2. The van der Waals surface area contributed by atoms with Crippen molar-refractivity contribution in [3.8, 4) is 0 Å². The van der Waals surface area contributed by atoms with Gasteiger partial charge < -0.3 is 0 Å². The quantitative estimate of drug-likeness (QED) is 0.712. The molecular formula is C10H14FNO. The highest BCUT2D eigenvalue weighted by molar-refractivity contribution is 5.42. The third-order valence-electron chi connectivity index (χ3n) is 1.34. The molecule has 1 N–H and O–H groups in total. The summed E-state index contributed by atoms with van der Waals surface area (Å²) in [5, 5.41) is 0. The van der Waals surface area contributed by atoms with Crippen LogP contribution in [0.3, 0.4) is 0 Å². The van der Waals surface area contributed by atoms with Crippen molar-refractivity contribution in [1.29, 1.82) is 0 Å². The van der Waals surface area contributed by atoms with Gasteiger partial charge in [-0.15, -0.1) is 0 Å². The SMILES string of the molecule is CC(C)(C)ONc1ccccc1F. The Morgan fingerprint density at radius 3 is 2.38 bits per heavy atom. The molecule has 0 saturated carbocycles. The maximum atomic E-state index is 13.0. The Morgan fingerprint density at radius 1 is 1.23 bits per heavy atom. The fraction of sp³-hybridized carbons (Fsp3) is 0.400. The van der Waals surface area contributed by atoms with Gasteiger partial charge >= 0.3 is 0 Å². The van der Waals surface area contributed by atoms with E-state index in [2.05, 4.69) is 5.48 Å². The number of nitrogens with one attached hydrogen (secondary N) is 1. The smallest absolute Gasteiger partial charge is 0.148 e. The molecule has 1 aromatic carbocycles. The van der Waals surface area contributed by atoms with Crippen LogP contribution in [0.2, 0.25) is 0 Å². The summed E-state index contributed by atoms with van der Waals surface area (Å²) in [6, 6.07) is 6.39. The number of para-hydroxylation sites is 1. The van der Waals surface area contributed by atoms with Gasteiger partial charge in [0.15, 0.2) is 0 Å². The highest BCUT2D eigenvalue weighted by Crippen LogP contribution is 2.15. The minimum atomic E-state index is -0.331. The molecule has 0 spiro atoms. The van der Waals surface area contributed by atoms with E-state index < -0.39 is 0 Å². The molecule has 0 amide bonds. The van der Waals surface area contributed by atoms with E-state index >= 15 is 0 Å². The maximum absolute atomic E-state index is 13.0. The summed E-state index contributed by atoms with van der Waals surface area (Å²) in [7, 11) is 0. The molecule has 0 heterocycles. The lowest BCUT2D eigenvalue weighted by Gasteiger charge is -2.19. The molecule has 3 heteroatoms. The first kappa shape index (κ1) is 9.99. The predicted octanol–water partition coefficient (Wildman–Crippen LogP) is 2.97. The van der Waals surface area contributed by atoms with Crippen LogP contribution in [0.25, 0.3) is 0 Å². The van der Waals surface area contributed by atoms with Gasteiger partial charge in [0, 0.05) is 0 Å². The molecule has 1 aromatic rings. The molecule has 0 unspecified atom stereocenters. The Kier molecular flexibility index (Phi) is 2.88. The summed E-state index contributed by atoms with van der Waals surface area (Å²) in [5.74, 6) is -0.313. The summed E-state index contributed by atoms with van der Waals surface area (Å²) in [6.07, 6.45) is 0. The fourth-order valence-electron chi connectivity index (χ4n) is 0.752. The summed E-state index contributed by atoms with van der Waals surface area (Å²) in [6.45, 7) is 5.67. The van der Waals surface area contributed by atoms with Gasteiger partial charge in [-0.1, -0.05) is 12.1 Å². The second kappa shape index (κ2) is 3.75. The second-order valence-corrected chi connectivity index (χ2v) is 3.80. The number of anilines is 1. The van der Waals surface area contributed by atoms with Crippen molar-refractivity contribution < 1.29 is 9.23 Å². The molecule has 0 fully saturated rings. The Morgan fingerprint density at radius 2 is 1.85 bits per heavy atom. The van der Waals surface area contributed by atoms with E-state index in [0.29, 0.717) is 5.69 Å². The van der Waals surface area contributed by atoms with Gasteiger partial charge in [-0.25, -0.2) is 4.39 Å². The van der Waals surface area contributed by atoms with Crippen LogP contribution >= 0.6 is 0 Å². The van der Waals surface area contributed by atoms with E-state index in [1.54, 1.807) is 18.2 Å². The molecule has 0 atom stereocenters. The van der Waals surface area contributed by atoms with Crippen LogP contribution in [-0.2, 0) is 4.84 Å². The van der Waals surface area contributed by atoms with Crippen LogP contribution in [0.4, 0.5) is 10.1 Å². The zero-order valence-electron chi connectivity index (χ0n) is 8.10. The van der Waals surface area contributed by atoms with Crippen LogP contribution in [0.15, 0.2) is 24.3 Å². The molecule has 0 aliphatic heterocycles. The minimum Gasteiger partial charge on any atom is -0.270 e. The van der Waals surface area contributed by atoms with Gasteiger partial charge in [-0.2, -0.15) is 0 Å². The van der Waals surface area contributed by atoms with Gasteiger partial charge in [0.2, 0.25) is 0 Å². The van der Waals surface area contributed by atoms with Crippen molar-refractivity contribution in [2.75, 3.05) is 5.48 Å². The largest absolute Gasteiger partial charge is 0.270 e. The van der Waals surface area contributed by atoms with E-state index in [0.717, 1.165) is 0 Å². The van der Waals surface area contributed by atoms with Crippen LogP contribution < -0.4 is 5.48 Å². The summed E-state index contributed by atoms with van der Waals surface area (Å²) >= 11 is 0. The molecule has 0 bridgehead atoms. The van der Waals surface area contributed by atoms with Gasteiger partial charge in [0.05, 0.1) is 11.3 Å². The van der Waals surface area contributed by atoms with Crippen molar-refractivity contribution >= 4 is 5.69 Å². The lowest BCUT2D eigenvalue weighted by Crippen LogP contribution is -2.23. The van der Waals surface area contributed by atoms with Crippen LogP contribution in [-0.4, -0.2) is 5.60 Å². The van der Waals surface area contributed by atoms with E-state index in [1.807, 2.05) is 20.8 Å². The molecule has 0 radical (unpaired) electrons. The zero-order valence-corrected chi connectivity index (χ0v) is 8.10. The molecule has 1 rings (SSSR count). The first-order valence-corrected chi connectivity index (χ1v) is 4.17. The third kappa shape index (κ3) is 3.42. The molecule has 0 aliphatic carbocycles. The number of halogens is 1. The van der Waals surface area contributed by atoms with Crippen molar-refractivity contribution in [3.05, 3.63) is 30.1 Å². The summed E-state index contributed by atoms with van der Waals surface area (Å²) in [4.78, 5) is 5.21. The highest BCUT2D eigenvalue weighted by atomic mass is 19.1. The van der Waals surface area contributed by atoms with Crippen LogP contribution in [0.5, 0.6) is 0 Å². The first-order valence-electron chi connectivity index (χ1n) is 4.17. The number of hydrogen-bond acceptors (Lipinski definition) is 2. The lowest BCUT2D eigenvalue weighted by molar-refractivity contribution is 0.0369. The van der Waals surface area contributed by atoms with Gasteiger partial charge in [0.25, 0.3) is 0 Å². The Hall–Kier alpha value is -1.09. The van der Waals surface area contributed by atoms with Crippen molar-refractivity contribution in [2.45, 2.75) is 26.4 Å². The molecule has 0 aliphatic rings. The molecule has 0 aromatic heterocycles. The van der Waals surface area contributed by atoms with Crippen LogP contribution in [0.1, 0.15) is 20.8 Å². The van der Waals surface area contributed by atoms with Crippen LogP contribution in [0, 0.1) is 5.82 Å². The van der Waals surface area contributed by atoms with Crippen molar-refractivity contribution in [3.63, 3.8) is 0 Å². The van der Waals surface area contributed by atoms with E-state index in [-0.39, 0.29) is 11.4 Å². The van der Waals surface area contributed by atoms with Crippen molar-refractivity contribution in [1.82, 2.24) is 0 Å². The average molecular weight is 183 g/mol. The number of benzene rings is 1. The van der Waals surface area contributed by atoms with Gasteiger partial charge in [-0.3, -0.25) is 10.3 Å². The first-order chi connectivity index (χ1) is 5.99. The maximum Gasteiger partial charge on any atom is 0.148 e. The summed E-state index contributed by atoms with van der Waals surface area (Å²) < 4.78 is 13.0. The van der Waals surface area contributed by atoms with Crippen molar-refractivity contribution in [2.24, 2.45) is 0 Å². The normalized spacial score (nSPS) is 11.4. The highest BCUT2D eigenvalue weighted by Gasteiger charge is 2.11. The average Bonchev–Trinajstić information content (AvgIpc) is 2.01. The lowest BCUT2D eigenvalue weighted by atomic mass is 10.2. The van der Waals surface area contributed by atoms with Gasteiger partial charge in [0.1, 0.15) is 5.82 Å². The fourth-order valence-corrected chi connectivity index (χ4v) is 0.752. The zero-order chi connectivity index (χ0) is 9.90. The molecule has 72 valence electrons. The molecule has 0 saturated heterocycles. The monoisotopic (exact) mass is 183 g/mol. The predicted molar refractivity (Wildman–Crippen MR) is 50.9 cm³/mol. The Balaban J connectivity index is 2.60. The number of hydrogen-bond donors (Lipinski definition) is 1. The second-order valence-electron chi connectivity index (χ2n) is 3.80. The van der Waals surface area contributed by atoms with Gasteiger partial charge in [-0.05, 0) is 32.9 Å². The molecule has 13 heavy (non-hydrogen) atoms. The summed E-state index contributed by atoms with van der Waals surface area (Å²) in [5.41, 5.74) is 2.61. The Labute approximate surface area is 77.7 Å². The van der Waals surface area contributed by atoms with E-state index in [1.165, 1.54) is 6.07 Å². The topological polar surface area (TPSA) is 21.3 Å². The Bertz CT molecular complexity index is 280. The van der Waals surface area contributed by atoms with E-state index in [9.17, 15) is 4.39 Å². The standard InChI is InChI=1S/C10H14FNO/c1-10(2,3)13-12-9-7-5-4-6-8(9)11/h4-7,12H,1-3H3. The third-order valence-corrected chi connectivity index (χ3v) is 1.34. The minimum absolute atomic E-state index is 0.313.